The van der Waals surface area contributed by atoms with Gasteiger partial charge in [0.05, 0.1) is 26.5 Å². The van der Waals surface area contributed by atoms with Crippen LogP contribution in [0.2, 0.25) is 0 Å². The van der Waals surface area contributed by atoms with Crippen LogP contribution in [0.5, 0.6) is 0 Å². The zero-order chi connectivity index (χ0) is 15.5. The van der Waals surface area contributed by atoms with E-state index in [4.69, 9.17) is 15.9 Å². The first-order valence-corrected chi connectivity index (χ1v) is 7.68. The Morgan fingerprint density at radius 2 is 2.14 bits per heavy atom. The number of pyridine rings is 1. The molecule has 0 atom stereocenters. The van der Waals surface area contributed by atoms with E-state index >= 15 is 0 Å². The number of nitrogens with one attached hydrogen (secondary N) is 2. The van der Waals surface area contributed by atoms with Crippen molar-refractivity contribution in [1.82, 2.24) is 15.2 Å². The van der Waals surface area contributed by atoms with Gasteiger partial charge in [-0.05, 0) is 12.1 Å². The van der Waals surface area contributed by atoms with Gasteiger partial charge in [-0.1, -0.05) is 0 Å². The number of aliphatic hydroxyl groups is 2. The van der Waals surface area contributed by atoms with E-state index in [1.807, 2.05) is 12.1 Å². The number of thiophene rings is 1. The van der Waals surface area contributed by atoms with Crippen molar-refractivity contribution in [2.45, 2.75) is 0 Å². The van der Waals surface area contributed by atoms with Crippen LogP contribution in [-0.4, -0.2) is 45.2 Å². The average Bonchev–Trinajstić information content (AvgIpc) is 3.16. The lowest BCUT2D eigenvalue weighted by molar-refractivity contribution is 0.158. The van der Waals surface area contributed by atoms with Crippen LogP contribution in [-0.2, 0) is 0 Å². The Hall–Kier alpha value is -2.16. The zero-order valence-electron chi connectivity index (χ0n) is 11.8. The van der Waals surface area contributed by atoms with Gasteiger partial charge < -0.3 is 21.3 Å². The highest BCUT2D eigenvalue weighted by atomic mass is 32.1. The van der Waals surface area contributed by atoms with Crippen molar-refractivity contribution in [3.8, 4) is 10.6 Å². The molecular weight excluding hydrogens is 302 g/mol. The molecule has 0 amide bonds. The van der Waals surface area contributed by atoms with Crippen LogP contribution in [0.1, 0.15) is 0 Å². The van der Waals surface area contributed by atoms with E-state index in [1.54, 1.807) is 23.6 Å². The average molecular weight is 319 g/mol. The minimum absolute atomic E-state index is 0.0724. The standard InChI is InChI=1S/C14H17N5O2S/c15-13-4-10(16-5-8(6-20)7-21)14-11(18-13)3-12(22-14)9-1-2-17-19-9/h1-4,8,20-21H,5-7H2,(H,17,19)(H3,15,16,18). The number of anilines is 2. The summed E-state index contributed by atoms with van der Waals surface area (Å²) in [5.41, 5.74) is 8.44. The largest absolute Gasteiger partial charge is 0.396 e. The molecule has 6 N–H and O–H groups in total. The van der Waals surface area contributed by atoms with Gasteiger partial charge in [0, 0.05) is 37.9 Å². The normalized spacial score (nSPS) is 11.4. The third kappa shape index (κ3) is 2.89. The van der Waals surface area contributed by atoms with Gasteiger partial charge in [-0.3, -0.25) is 5.10 Å². The summed E-state index contributed by atoms with van der Waals surface area (Å²) in [6.07, 6.45) is 1.70. The van der Waals surface area contributed by atoms with Crippen molar-refractivity contribution in [2.75, 3.05) is 30.8 Å². The summed E-state index contributed by atoms with van der Waals surface area (Å²) in [5, 5.41) is 28.4. The summed E-state index contributed by atoms with van der Waals surface area (Å²) in [7, 11) is 0. The third-order valence-electron chi connectivity index (χ3n) is 3.36. The number of hydrogen-bond acceptors (Lipinski definition) is 7. The highest BCUT2D eigenvalue weighted by Crippen LogP contribution is 2.36. The van der Waals surface area contributed by atoms with Crippen molar-refractivity contribution in [3.05, 3.63) is 24.4 Å². The smallest absolute Gasteiger partial charge is 0.126 e. The maximum absolute atomic E-state index is 9.16. The molecular formula is C14H17N5O2S. The predicted molar refractivity (Wildman–Crippen MR) is 87.8 cm³/mol. The van der Waals surface area contributed by atoms with Crippen LogP contribution in [0.4, 0.5) is 11.5 Å². The van der Waals surface area contributed by atoms with Gasteiger partial charge in [0.15, 0.2) is 0 Å². The second-order valence-electron chi connectivity index (χ2n) is 5.00. The molecule has 116 valence electrons. The monoisotopic (exact) mass is 319 g/mol. The molecule has 0 aliphatic heterocycles. The lowest BCUT2D eigenvalue weighted by Gasteiger charge is -2.13. The summed E-state index contributed by atoms with van der Waals surface area (Å²) < 4.78 is 0.980. The number of aromatic amines is 1. The molecule has 8 heteroatoms. The Labute approximate surface area is 130 Å². The highest BCUT2D eigenvalue weighted by Gasteiger charge is 2.13. The van der Waals surface area contributed by atoms with E-state index in [0.717, 1.165) is 26.5 Å². The summed E-state index contributed by atoms with van der Waals surface area (Å²) in [4.78, 5) is 5.37. The first-order chi connectivity index (χ1) is 10.7. The molecule has 0 radical (unpaired) electrons. The van der Waals surface area contributed by atoms with Crippen LogP contribution in [0.15, 0.2) is 24.4 Å². The Kier molecular flexibility index (Phi) is 4.23. The van der Waals surface area contributed by atoms with Crippen LogP contribution >= 0.6 is 11.3 Å². The first kappa shape index (κ1) is 14.8. The maximum Gasteiger partial charge on any atom is 0.126 e. The van der Waals surface area contributed by atoms with E-state index in [2.05, 4.69) is 20.5 Å². The predicted octanol–water partition coefficient (Wildman–Crippen LogP) is 1.28. The Balaban J connectivity index is 1.95. The van der Waals surface area contributed by atoms with Crippen LogP contribution in [0, 0.1) is 5.92 Å². The second kappa shape index (κ2) is 6.30. The van der Waals surface area contributed by atoms with Gasteiger partial charge in [-0.25, -0.2) is 4.98 Å². The molecule has 7 nitrogen and oxygen atoms in total. The molecule has 0 saturated carbocycles. The molecule has 22 heavy (non-hydrogen) atoms. The molecule has 3 rings (SSSR count). The van der Waals surface area contributed by atoms with Gasteiger partial charge in [-0.15, -0.1) is 11.3 Å². The minimum Gasteiger partial charge on any atom is -0.396 e. The molecule has 0 spiro atoms. The van der Waals surface area contributed by atoms with Crippen molar-refractivity contribution in [2.24, 2.45) is 5.92 Å². The van der Waals surface area contributed by atoms with E-state index in [1.165, 1.54) is 0 Å². The molecule has 0 aromatic carbocycles. The van der Waals surface area contributed by atoms with Crippen molar-refractivity contribution < 1.29 is 10.2 Å². The van der Waals surface area contributed by atoms with Gasteiger partial charge in [0.2, 0.25) is 0 Å². The number of fused-ring (bicyclic) bond motifs is 1. The summed E-state index contributed by atoms with van der Waals surface area (Å²) in [6, 6.07) is 5.63. The second-order valence-corrected chi connectivity index (χ2v) is 6.05. The van der Waals surface area contributed by atoms with Crippen LogP contribution in [0.3, 0.4) is 0 Å². The molecule has 3 aromatic heterocycles. The molecule has 0 aliphatic rings. The number of nitrogen functional groups attached to an aromatic ring is 1. The Bertz CT molecular complexity index is 752. The van der Waals surface area contributed by atoms with Crippen molar-refractivity contribution in [1.29, 1.82) is 0 Å². The Morgan fingerprint density at radius 1 is 1.32 bits per heavy atom. The Morgan fingerprint density at radius 3 is 2.82 bits per heavy atom. The van der Waals surface area contributed by atoms with Crippen LogP contribution < -0.4 is 11.1 Å². The summed E-state index contributed by atoms with van der Waals surface area (Å²) in [5.74, 6) is 0.213. The van der Waals surface area contributed by atoms with Gasteiger partial charge in [-0.2, -0.15) is 5.10 Å². The molecule has 0 saturated heterocycles. The minimum atomic E-state index is -0.212. The number of aliphatic hydroxyl groups excluding tert-OH is 2. The fourth-order valence-corrected chi connectivity index (χ4v) is 3.20. The fraction of sp³-hybridized carbons (Fsp3) is 0.286. The molecule has 0 fully saturated rings. The van der Waals surface area contributed by atoms with E-state index in [0.29, 0.717) is 12.4 Å². The number of H-pyrrole nitrogens is 1. The maximum atomic E-state index is 9.16. The topological polar surface area (TPSA) is 120 Å². The van der Waals surface area contributed by atoms with Gasteiger partial charge >= 0.3 is 0 Å². The van der Waals surface area contributed by atoms with Crippen molar-refractivity contribution in [3.63, 3.8) is 0 Å². The zero-order valence-corrected chi connectivity index (χ0v) is 12.6. The number of rotatable bonds is 6. The molecule has 0 unspecified atom stereocenters. The fourth-order valence-electron chi connectivity index (χ4n) is 2.14. The number of hydrogen-bond donors (Lipinski definition) is 5. The van der Waals surface area contributed by atoms with Crippen molar-refractivity contribution >= 4 is 33.1 Å². The third-order valence-corrected chi connectivity index (χ3v) is 4.55. The lowest BCUT2D eigenvalue weighted by Crippen LogP contribution is -2.21. The molecule has 3 heterocycles. The van der Waals surface area contributed by atoms with Gasteiger partial charge in [0.25, 0.3) is 0 Å². The van der Waals surface area contributed by atoms with Crippen LogP contribution in [0.25, 0.3) is 20.8 Å². The number of nitrogens with two attached hydrogens (primary N) is 1. The molecule has 3 aromatic rings. The van der Waals surface area contributed by atoms with Gasteiger partial charge in [0.1, 0.15) is 5.82 Å². The SMILES string of the molecule is Nc1cc(NCC(CO)CO)c2sc(-c3ccn[nH]3)cc2n1. The quantitative estimate of drug-likeness (QED) is 0.467. The first-order valence-electron chi connectivity index (χ1n) is 6.86. The summed E-state index contributed by atoms with van der Waals surface area (Å²) in [6.45, 7) is 0.316. The highest BCUT2D eigenvalue weighted by molar-refractivity contribution is 7.22. The number of aromatic nitrogens is 3. The van der Waals surface area contributed by atoms with E-state index in [9.17, 15) is 0 Å². The lowest BCUT2D eigenvalue weighted by atomic mass is 10.2. The molecule has 0 aliphatic carbocycles. The molecule has 0 bridgehead atoms. The van der Waals surface area contributed by atoms with E-state index in [-0.39, 0.29) is 19.1 Å². The van der Waals surface area contributed by atoms with E-state index < -0.39 is 0 Å². The number of nitrogens with zero attached hydrogens (tertiary/aromatic N) is 2. The summed E-state index contributed by atoms with van der Waals surface area (Å²) >= 11 is 1.58.